The van der Waals surface area contributed by atoms with Crippen LogP contribution in [0.1, 0.15) is 110 Å². The van der Waals surface area contributed by atoms with Crippen molar-refractivity contribution in [2.45, 2.75) is 110 Å². The molecule has 0 aromatic heterocycles. The molecule has 1 heteroatoms. The van der Waals surface area contributed by atoms with Crippen LogP contribution in [0.15, 0.2) is 12.2 Å². The molecule has 21 heavy (non-hydrogen) atoms. The molecule has 0 saturated carbocycles. The number of allylic oxidation sites excluding steroid dienone is 2. The lowest BCUT2D eigenvalue weighted by Crippen LogP contribution is -1.82. The van der Waals surface area contributed by atoms with Gasteiger partial charge in [0.15, 0.2) is 0 Å². The van der Waals surface area contributed by atoms with Gasteiger partial charge in [0.25, 0.3) is 0 Å². The topological polar surface area (TPSA) is 20.2 Å². The Morgan fingerprint density at radius 3 is 1.33 bits per heavy atom. The Hall–Kier alpha value is -0.300. The molecular weight excluding hydrogens is 256 g/mol. The molecule has 0 aromatic rings. The number of aliphatic hydroxyl groups excluding tert-OH is 1. The zero-order valence-electron chi connectivity index (χ0n) is 14.6. The standard InChI is InChI=1S/C20H40O/c1-2-3-4-5-6-7-8-9-10-11-12-13-14-15-16-17-18-19-20-21/h13-14,21H,2-12,15-20H2,1H3. The fourth-order valence-electron chi connectivity index (χ4n) is 2.71. The Morgan fingerprint density at radius 1 is 0.524 bits per heavy atom. The minimum absolute atomic E-state index is 0.356. The van der Waals surface area contributed by atoms with Gasteiger partial charge in [-0.05, 0) is 32.1 Å². The first kappa shape index (κ1) is 20.7. The highest BCUT2D eigenvalue weighted by Gasteiger charge is 1.92. The van der Waals surface area contributed by atoms with Crippen molar-refractivity contribution in [1.29, 1.82) is 0 Å². The van der Waals surface area contributed by atoms with Crippen LogP contribution in [0.4, 0.5) is 0 Å². The summed E-state index contributed by atoms with van der Waals surface area (Å²) in [5, 5.41) is 8.68. The first-order chi connectivity index (χ1) is 10.4. The molecule has 0 heterocycles. The van der Waals surface area contributed by atoms with Crippen LogP contribution in [0, 0.1) is 0 Å². The van der Waals surface area contributed by atoms with Gasteiger partial charge in [0, 0.05) is 6.61 Å². The molecular formula is C20H40O. The zero-order chi connectivity index (χ0) is 15.4. The van der Waals surface area contributed by atoms with Gasteiger partial charge in [-0.1, -0.05) is 89.7 Å². The number of unbranched alkanes of at least 4 members (excludes halogenated alkanes) is 14. The Balaban J connectivity index is 3.01. The second-order valence-electron chi connectivity index (χ2n) is 6.37. The number of hydrogen-bond acceptors (Lipinski definition) is 1. The molecule has 0 bridgehead atoms. The first-order valence-corrected chi connectivity index (χ1v) is 9.67. The third kappa shape index (κ3) is 19.7. The van der Waals surface area contributed by atoms with Crippen molar-refractivity contribution in [2.24, 2.45) is 0 Å². The highest BCUT2D eigenvalue weighted by atomic mass is 16.2. The maximum atomic E-state index is 8.68. The summed E-state index contributed by atoms with van der Waals surface area (Å²) < 4.78 is 0. The predicted molar refractivity (Wildman–Crippen MR) is 95.8 cm³/mol. The summed E-state index contributed by atoms with van der Waals surface area (Å²) in [7, 11) is 0. The molecule has 0 rings (SSSR count). The Bertz CT molecular complexity index is 198. The minimum atomic E-state index is 0.356. The van der Waals surface area contributed by atoms with E-state index in [4.69, 9.17) is 5.11 Å². The fourth-order valence-corrected chi connectivity index (χ4v) is 2.71. The molecule has 0 aliphatic rings. The quantitative estimate of drug-likeness (QED) is 0.231. The van der Waals surface area contributed by atoms with E-state index in [-0.39, 0.29) is 0 Å². The highest BCUT2D eigenvalue weighted by molar-refractivity contribution is 4.81. The van der Waals surface area contributed by atoms with Crippen LogP contribution >= 0.6 is 0 Å². The van der Waals surface area contributed by atoms with Crippen LogP contribution in [0.25, 0.3) is 0 Å². The van der Waals surface area contributed by atoms with Crippen molar-refractivity contribution in [3.05, 3.63) is 12.2 Å². The van der Waals surface area contributed by atoms with Gasteiger partial charge in [-0.15, -0.1) is 0 Å². The summed E-state index contributed by atoms with van der Waals surface area (Å²) in [6.07, 6.45) is 26.2. The SMILES string of the molecule is CCCCCCCCCCCCC=CCCCCCCO. The summed E-state index contributed by atoms with van der Waals surface area (Å²) in [5.41, 5.74) is 0. The van der Waals surface area contributed by atoms with E-state index in [0.717, 1.165) is 6.42 Å². The third-order valence-corrected chi connectivity index (χ3v) is 4.17. The van der Waals surface area contributed by atoms with Gasteiger partial charge in [-0.2, -0.15) is 0 Å². The summed E-state index contributed by atoms with van der Waals surface area (Å²) in [4.78, 5) is 0. The van der Waals surface area contributed by atoms with Gasteiger partial charge >= 0.3 is 0 Å². The predicted octanol–water partition coefficient (Wildman–Crippen LogP) is 6.80. The van der Waals surface area contributed by atoms with Crippen molar-refractivity contribution < 1.29 is 5.11 Å². The number of aliphatic hydroxyl groups is 1. The van der Waals surface area contributed by atoms with E-state index in [2.05, 4.69) is 19.1 Å². The lowest BCUT2D eigenvalue weighted by atomic mass is 10.1. The first-order valence-electron chi connectivity index (χ1n) is 9.67. The Morgan fingerprint density at radius 2 is 0.905 bits per heavy atom. The lowest BCUT2D eigenvalue weighted by Gasteiger charge is -2.01. The van der Waals surface area contributed by atoms with Crippen molar-refractivity contribution in [3.63, 3.8) is 0 Å². The van der Waals surface area contributed by atoms with Gasteiger partial charge in [0.1, 0.15) is 0 Å². The van der Waals surface area contributed by atoms with Crippen LogP contribution in [-0.4, -0.2) is 11.7 Å². The van der Waals surface area contributed by atoms with Gasteiger partial charge in [0.05, 0.1) is 0 Å². The van der Waals surface area contributed by atoms with E-state index in [9.17, 15) is 0 Å². The summed E-state index contributed by atoms with van der Waals surface area (Å²) in [6.45, 7) is 2.64. The fraction of sp³-hybridized carbons (Fsp3) is 0.900. The van der Waals surface area contributed by atoms with Crippen LogP contribution < -0.4 is 0 Å². The second-order valence-corrected chi connectivity index (χ2v) is 6.37. The van der Waals surface area contributed by atoms with E-state index in [1.54, 1.807) is 0 Å². The molecule has 0 aliphatic heterocycles. The smallest absolute Gasteiger partial charge is 0.0431 e. The molecule has 126 valence electrons. The van der Waals surface area contributed by atoms with Crippen LogP contribution in [0.2, 0.25) is 0 Å². The van der Waals surface area contributed by atoms with Gasteiger partial charge in [-0.25, -0.2) is 0 Å². The van der Waals surface area contributed by atoms with E-state index < -0.39 is 0 Å². The monoisotopic (exact) mass is 296 g/mol. The van der Waals surface area contributed by atoms with Gasteiger partial charge < -0.3 is 5.11 Å². The number of hydrogen-bond donors (Lipinski definition) is 1. The Kier molecular flexibility index (Phi) is 19.4. The second kappa shape index (κ2) is 19.7. The molecule has 0 fully saturated rings. The van der Waals surface area contributed by atoms with Crippen molar-refractivity contribution in [3.8, 4) is 0 Å². The molecule has 0 unspecified atom stereocenters. The molecule has 0 saturated heterocycles. The van der Waals surface area contributed by atoms with E-state index >= 15 is 0 Å². The molecule has 0 aliphatic carbocycles. The largest absolute Gasteiger partial charge is 0.396 e. The third-order valence-electron chi connectivity index (χ3n) is 4.17. The zero-order valence-corrected chi connectivity index (χ0v) is 14.6. The average molecular weight is 297 g/mol. The summed E-state index contributed by atoms with van der Waals surface area (Å²) in [5.74, 6) is 0. The lowest BCUT2D eigenvalue weighted by molar-refractivity contribution is 0.282. The molecule has 0 amide bonds. The van der Waals surface area contributed by atoms with Crippen LogP contribution in [0.5, 0.6) is 0 Å². The van der Waals surface area contributed by atoms with E-state index in [0.29, 0.717) is 6.61 Å². The molecule has 0 aromatic carbocycles. The highest BCUT2D eigenvalue weighted by Crippen LogP contribution is 2.11. The van der Waals surface area contributed by atoms with Crippen LogP contribution in [-0.2, 0) is 0 Å². The maximum Gasteiger partial charge on any atom is 0.0431 e. The summed E-state index contributed by atoms with van der Waals surface area (Å²) in [6, 6.07) is 0. The van der Waals surface area contributed by atoms with Gasteiger partial charge in [-0.3, -0.25) is 0 Å². The Labute approximate surface area is 134 Å². The molecule has 1 nitrogen and oxygen atoms in total. The molecule has 0 spiro atoms. The average Bonchev–Trinajstić information content (AvgIpc) is 2.50. The minimum Gasteiger partial charge on any atom is -0.396 e. The van der Waals surface area contributed by atoms with E-state index in [1.165, 1.54) is 96.3 Å². The maximum absolute atomic E-state index is 8.68. The molecule has 1 N–H and O–H groups in total. The van der Waals surface area contributed by atoms with Crippen LogP contribution in [0.3, 0.4) is 0 Å². The van der Waals surface area contributed by atoms with Crippen molar-refractivity contribution in [2.75, 3.05) is 6.61 Å². The molecule has 0 atom stereocenters. The number of rotatable bonds is 17. The molecule has 0 radical (unpaired) electrons. The summed E-state index contributed by atoms with van der Waals surface area (Å²) >= 11 is 0. The normalized spacial score (nSPS) is 11.5. The van der Waals surface area contributed by atoms with E-state index in [1.807, 2.05) is 0 Å². The van der Waals surface area contributed by atoms with Gasteiger partial charge in [0.2, 0.25) is 0 Å². The van der Waals surface area contributed by atoms with Crippen molar-refractivity contribution in [1.82, 2.24) is 0 Å². The van der Waals surface area contributed by atoms with Crippen molar-refractivity contribution >= 4 is 0 Å².